The van der Waals surface area contributed by atoms with Gasteiger partial charge >= 0.3 is 0 Å². The monoisotopic (exact) mass is 431 g/mol. The van der Waals surface area contributed by atoms with Crippen LogP contribution in [0, 0.1) is 0 Å². The van der Waals surface area contributed by atoms with Crippen LogP contribution in [0.25, 0.3) is 32.7 Å². The molecule has 2 N–H and O–H groups in total. The van der Waals surface area contributed by atoms with E-state index in [1.807, 2.05) is 48.5 Å². The van der Waals surface area contributed by atoms with Gasteiger partial charge in [-0.1, -0.05) is 71.7 Å². The average molecular weight is 432 g/mol. The molecular formula is C21H15Cl2NO3S. The number of primary sulfonamides is 1. The number of rotatable bonds is 3. The van der Waals surface area contributed by atoms with E-state index in [1.54, 1.807) is 12.1 Å². The molecule has 0 aliphatic rings. The lowest BCUT2D eigenvalue weighted by molar-refractivity contribution is 0.417. The molecule has 0 fully saturated rings. The van der Waals surface area contributed by atoms with Crippen molar-refractivity contribution in [3.8, 4) is 16.9 Å². The van der Waals surface area contributed by atoms with Gasteiger partial charge in [0.1, 0.15) is 10.6 Å². The molecule has 0 spiro atoms. The van der Waals surface area contributed by atoms with E-state index in [1.165, 1.54) is 7.11 Å². The number of fused-ring (bicyclic) bond motifs is 2. The fraction of sp³-hybridized carbons (Fsp3) is 0.0476. The lowest BCUT2D eigenvalue weighted by Gasteiger charge is -2.19. The normalized spacial score (nSPS) is 11.9. The second-order valence-electron chi connectivity index (χ2n) is 6.32. The molecule has 4 nitrogen and oxygen atoms in total. The van der Waals surface area contributed by atoms with Gasteiger partial charge in [0.2, 0.25) is 10.0 Å². The Morgan fingerprint density at radius 1 is 0.821 bits per heavy atom. The summed E-state index contributed by atoms with van der Waals surface area (Å²) in [6.07, 6.45) is 0. The topological polar surface area (TPSA) is 69.4 Å². The van der Waals surface area contributed by atoms with Crippen molar-refractivity contribution in [1.29, 1.82) is 0 Å². The number of hydrogen-bond acceptors (Lipinski definition) is 3. The van der Waals surface area contributed by atoms with Crippen molar-refractivity contribution < 1.29 is 13.2 Å². The van der Waals surface area contributed by atoms with Gasteiger partial charge in [0, 0.05) is 11.1 Å². The van der Waals surface area contributed by atoms with Crippen LogP contribution >= 0.6 is 23.2 Å². The van der Waals surface area contributed by atoms with E-state index in [-0.39, 0.29) is 9.92 Å². The highest BCUT2D eigenvalue weighted by Crippen LogP contribution is 2.48. The average Bonchev–Trinajstić information content (AvgIpc) is 2.65. The third-order valence-electron chi connectivity index (χ3n) is 4.65. The van der Waals surface area contributed by atoms with E-state index in [0.717, 1.165) is 16.2 Å². The number of benzene rings is 4. The molecule has 0 aliphatic carbocycles. The van der Waals surface area contributed by atoms with Gasteiger partial charge in [-0.3, -0.25) is 0 Å². The SMILES string of the molecule is COc1c(Cl)cc2ccccc2c1-c1c(S(N)(=O)=O)c(Cl)cc2ccccc12. The van der Waals surface area contributed by atoms with E-state index in [9.17, 15) is 8.42 Å². The first kappa shape index (κ1) is 19.0. The molecule has 4 rings (SSSR count). The minimum Gasteiger partial charge on any atom is -0.495 e. The smallest absolute Gasteiger partial charge is 0.240 e. The van der Waals surface area contributed by atoms with Crippen LogP contribution in [-0.2, 0) is 10.0 Å². The predicted molar refractivity (Wildman–Crippen MR) is 115 cm³/mol. The van der Waals surface area contributed by atoms with Gasteiger partial charge in [0.15, 0.2) is 0 Å². The molecule has 0 aliphatic heterocycles. The fourth-order valence-electron chi connectivity index (χ4n) is 3.56. The molecule has 4 aromatic rings. The van der Waals surface area contributed by atoms with Gasteiger partial charge in [-0.15, -0.1) is 0 Å². The minimum atomic E-state index is -4.14. The maximum atomic E-state index is 12.5. The van der Waals surface area contributed by atoms with E-state index in [2.05, 4.69) is 0 Å². The Labute approximate surface area is 172 Å². The lowest BCUT2D eigenvalue weighted by Crippen LogP contribution is -2.14. The second kappa shape index (κ2) is 6.94. The number of ether oxygens (including phenoxy) is 1. The van der Waals surface area contributed by atoms with Crippen molar-refractivity contribution in [3.63, 3.8) is 0 Å². The van der Waals surface area contributed by atoms with Crippen LogP contribution in [-0.4, -0.2) is 15.5 Å². The van der Waals surface area contributed by atoms with Crippen molar-refractivity contribution in [1.82, 2.24) is 0 Å². The Bertz CT molecular complexity index is 1350. The quantitative estimate of drug-likeness (QED) is 0.457. The van der Waals surface area contributed by atoms with E-state index < -0.39 is 10.0 Å². The van der Waals surface area contributed by atoms with Crippen LogP contribution < -0.4 is 9.88 Å². The lowest BCUT2D eigenvalue weighted by atomic mass is 9.93. The Hall–Kier alpha value is -2.31. The van der Waals surface area contributed by atoms with Crippen LogP contribution in [0.2, 0.25) is 10.0 Å². The summed E-state index contributed by atoms with van der Waals surface area (Å²) in [7, 11) is -2.65. The van der Waals surface area contributed by atoms with Gasteiger partial charge in [-0.25, -0.2) is 13.6 Å². The van der Waals surface area contributed by atoms with Crippen molar-refractivity contribution in [2.24, 2.45) is 5.14 Å². The number of hydrogen-bond donors (Lipinski definition) is 1. The molecule has 0 amide bonds. The third kappa shape index (κ3) is 3.01. The van der Waals surface area contributed by atoms with Crippen molar-refractivity contribution in [2.75, 3.05) is 7.11 Å². The molecule has 7 heteroatoms. The second-order valence-corrected chi connectivity index (χ2v) is 8.63. The minimum absolute atomic E-state index is 0.0438. The summed E-state index contributed by atoms with van der Waals surface area (Å²) in [5.74, 6) is 0.359. The highest BCUT2D eigenvalue weighted by molar-refractivity contribution is 7.89. The molecule has 4 aromatic carbocycles. The van der Waals surface area contributed by atoms with E-state index in [4.69, 9.17) is 33.1 Å². The molecule has 0 atom stereocenters. The Morgan fingerprint density at radius 2 is 1.32 bits per heavy atom. The molecule has 0 unspecified atom stereocenters. The predicted octanol–water partition coefficient (Wildman–Crippen LogP) is 5.62. The summed E-state index contributed by atoms with van der Waals surface area (Å²) in [5, 5.41) is 9.06. The number of halogens is 2. The number of nitrogens with two attached hydrogens (primary N) is 1. The van der Waals surface area contributed by atoms with Crippen molar-refractivity contribution >= 4 is 54.8 Å². The molecular weight excluding hydrogens is 417 g/mol. The first-order chi connectivity index (χ1) is 13.3. The summed E-state index contributed by atoms with van der Waals surface area (Å²) in [6, 6.07) is 18.3. The zero-order chi connectivity index (χ0) is 20.1. The Kier molecular flexibility index (Phi) is 4.71. The van der Waals surface area contributed by atoms with Gasteiger partial charge in [-0.05, 0) is 33.7 Å². The van der Waals surface area contributed by atoms with Gasteiger partial charge < -0.3 is 4.74 Å². The molecule has 142 valence electrons. The Balaban J connectivity index is 2.35. The number of methoxy groups -OCH3 is 1. The maximum Gasteiger partial charge on any atom is 0.240 e. The van der Waals surface area contributed by atoms with Gasteiger partial charge in [0.25, 0.3) is 0 Å². The zero-order valence-corrected chi connectivity index (χ0v) is 17.1. The van der Waals surface area contributed by atoms with Crippen LogP contribution in [0.1, 0.15) is 0 Å². The molecule has 0 radical (unpaired) electrons. The summed E-state index contributed by atoms with van der Waals surface area (Å²) in [6.45, 7) is 0. The first-order valence-electron chi connectivity index (χ1n) is 8.32. The first-order valence-corrected chi connectivity index (χ1v) is 10.6. The standard InChI is InChI=1S/C21H15Cl2NO3S/c1-27-20-16(22)10-12-6-2-4-8-14(12)18(20)19-15-9-5-3-7-13(15)11-17(23)21(19)28(24,25)26/h2-11H,1H3,(H2,24,25,26). The summed E-state index contributed by atoms with van der Waals surface area (Å²) < 4.78 is 30.6. The number of sulfonamides is 1. The largest absolute Gasteiger partial charge is 0.495 e. The highest BCUT2D eigenvalue weighted by Gasteiger charge is 2.27. The molecule has 0 heterocycles. The Morgan fingerprint density at radius 3 is 1.86 bits per heavy atom. The summed E-state index contributed by atoms with van der Waals surface area (Å²) in [4.78, 5) is -0.154. The van der Waals surface area contributed by atoms with Crippen LogP contribution in [0.3, 0.4) is 0 Å². The fourth-order valence-corrected chi connectivity index (χ4v) is 5.21. The van der Waals surface area contributed by atoms with Crippen molar-refractivity contribution in [3.05, 3.63) is 70.7 Å². The highest BCUT2D eigenvalue weighted by atomic mass is 35.5. The van der Waals surface area contributed by atoms with Gasteiger partial charge in [-0.2, -0.15) is 0 Å². The van der Waals surface area contributed by atoms with E-state index in [0.29, 0.717) is 27.3 Å². The van der Waals surface area contributed by atoms with Gasteiger partial charge in [0.05, 0.1) is 17.2 Å². The molecule has 0 saturated carbocycles. The van der Waals surface area contributed by atoms with Crippen LogP contribution in [0.15, 0.2) is 65.6 Å². The molecule has 0 bridgehead atoms. The summed E-state index contributed by atoms with van der Waals surface area (Å²) in [5.41, 5.74) is 0.912. The van der Waals surface area contributed by atoms with Crippen molar-refractivity contribution in [2.45, 2.75) is 4.90 Å². The maximum absolute atomic E-state index is 12.5. The molecule has 0 saturated heterocycles. The molecule has 28 heavy (non-hydrogen) atoms. The third-order valence-corrected chi connectivity index (χ3v) is 6.34. The van der Waals surface area contributed by atoms with E-state index >= 15 is 0 Å². The molecule has 0 aromatic heterocycles. The summed E-state index contributed by atoms with van der Waals surface area (Å²) >= 11 is 12.9. The zero-order valence-electron chi connectivity index (χ0n) is 14.7. The van der Waals surface area contributed by atoms with Crippen LogP contribution in [0.4, 0.5) is 0 Å². The van der Waals surface area contributed by atoms with Crippen LogP contribution in [0.5, 0.6) is 5.75 Å².